The van der Waals surface area contributed by atoms with Gasteiger partial charge in [-0.1, -0.05) is 35.9 Å². The quantitative estimate of drug-likeness (QED) is 0.881. The standard InChI is InChI=1S/C17H19NO4S/c1-13-8-10-16(11-9-13)23(21,22)18(14(2)12-17(19)20)15-6-4-3-5-7-15/h3-11,14H,12H2,1-2H3,(H,19,20). The predicted octanol–water partition coefficient (Wildman–Crippen LogP) is 3.05. The number of carbonyl (C=O) groups is 1. The first-order valence-corrected chi connectivity index (χ1v) is 8.64. The van der Waals surface area contributed by atoms with E-state index in [-0.39, 0.29) is 11.3 Å². The fourth-order valence-electron chi connectivity index (χ4n) is 2.36. The first kappa shape index (κ1) is 17.0. The van der Waals surface area contributed by atoms with Crippen LogP contribution in [-0.2, 0) is 14.8 Å². The Hall–Kier alpha value is -2.34. The van der Waals surface area contributed by atoms with Crippen molar-refractivity contribution in [1.82, 2.24) is 0 Å². The molecule has 2 rings (SSSR count). The normalized spacial score (nSPS) is 12.6. The summed E-state index contributed by atoms with van der Waals surface area (Å²) in [6.45, 7) is 3.46. The second-order valence-corrected chi connectivity index (χ2v) is 7.21. The molecule has 2 aromatic carbocycles. The van der Waals surface area contributed by atoms with Gasteiger partial charge in [-0.05, 0) is 38.1 Å². The van der Waals surface area contributed by atoms with E-state index in [1.54, 1.807) is 49.4 Å². The number of hydrogen-bond acceptors (Lipinski definition) is 3. The largest absolute Gasteiger partial charge is 0.481 e. The highest BCUT2D eigenvalue weighted by atomic mass is 32.2. The third-order valence-electron chi connectivity index (χ3n) is 3.46. The van der Waals surface area contributed by atoms with Crippen molar-refractivity contribution in [3.63, 3.8) is 0 Å². The van der Waals surface area contributed by atoms with Crippen LogP contribution in [0.3, 0.4) is 0 Å². The maximum atomic E-state index is 13.0. The van der Waals surface area contributed by atoms with Crippen LogP contribution in [0.25, 0.3) is 0 Å². The molecule has 6 heteroatoms. The van der Waals surface area contributed by atoms with Crippen LogP contribution >= 0.6 is 0 Å². The monoisotopic (exact) mass is 333 g/mol. The van der Waals surface area contributed by atoms with Crippen molar-refractivity contribution in [3.8, 4) is 0 Å². The first-order valence-electron chi connectivity index (χ1n) is 7.20. The summed E-state index contributed by atoms with van der Waals surface area (Å²) in [5.74, 6) is -1.04. The van der Waals surface area contributed by atoms with E-state index in [2.05, 4.69) is 0 Å². The average Bonchev–Trinajstić information content (AvgIpc) is 2.47. The third kappa shape index (κ3) is 3.90. The zero-order valence-electron chi connectivity index (χ0n) is 13.0. The number of carboxylic acid groups (broad SMARTS) is 1. The number of hydrogen-bond donors (Lipinski definition) is 1. The number of carboxylic acids is 1. The molecule has 0 aliphatic carbocycles. The molecule has 5 nitrogen and oxygen atoms in total. The molecule has 0 aliphatic heterocycles. The van der Waals surface area contributed by atoms with Crippen LogP contribution in [0.2, 0.25) is 0 Å². The van der Waals surface area contributed by atoms with Gasteiger partial charge in [0.25, 0.3) is 10.0 Å². The fourth-order valence-corrected chi connectivity index (χ4v) is 4.02. The summed E-state index contributed by atoms with van der Waals surface area (Å²) in [4.78, 5) is 11.2. The summed E-state index contributed by atoms with van der Waals surface area (Å²) in [6, 6.07) is 14.3. The van der Waals surface area contributed by atoms with Crippen LogP contribution in [0.1, 0.15) is 18.9 Å². The van der Waals surface area contributed by atoms with Gasteiger partial charge in [0.05, 0.1) is 23.0 Å². The highest BCUT2D eigenvalue weighted by Crippen LogP contribution is 2.27. The Bertz CT molecular complexity index is 770. The molecule has 0 radical (unpaired) electrons. The number of anilines is 1. The molecule has 0 aliphatic rings. The van der Waals surface area contributed by atoms with E-state index in [1.165, 1.54) is 16.4 Å². The van der Waals surface area contributed by atoms with Gasteiger partial charge in [0.15, 0.2) is 0 Å². The Kier molecular flexibility index (Phi) is 5.05. The lowest BCUT2D eigenvalue weighted by atomic mass is 10.2. The van der Waals surface area contributed by atoms with Gasteiger partial charge in [-0.2, -0.15) is 0 Å². The minimum Gasteiger partial charge on any atom is -0.481 e. The maximum absolute atomic E-state index is 13.0. The van der Waals surface area contributed by atoms with E-state index >= 15 is 0 Å². The summed E-state index contributed by atoms with van der Waals surface area (Å²) in [7, 11) is -3.85. The molecule has 0 amide bonds. The number of aryl methyl sites for hydroxylation is 1. The van der Waals surface area contributed by atoms with E-state index in [0.29, 0.717) is 5.69 Å². The lowest BCUT2D eigenvalue weighted by Gasteiger charge is -2.29. The molecular weight excluding hydrogens is 314 g/mol. The predicted molar refractivity (Wildman–Crippen MR) is 89.0 cm³/mol. The van der Waals surface area contributed by atoms with E-state index < -0.39 is 22.0 Å². The zero-order chi connectivity index (χ0) is 17.0. The van der Waals surface area contributed by atoms with Gasteiger partial charge >= 0.3 is 5.97 Å². The van der Waals surface area contributed by atoms with Crippen LogP contribution in [-0.4, -0.2) is 25.5 Å². The molecule has 122 valence electrons. The Morgan fingerprint density at radius 3 is 2.17 bits per heavy atom. The maximum Gasteiger partial charge on any atom is 0.305 e. The van der Waals surface area contributed by atoms with Crippen molar-refractivity contribution in [2.24, 2.45) is 0 Å². The second kappa shape index (κ2) is 6.83. The number of benzene rings is 2. The fraction of sp³-hybridized carbons (Fsp3) is 0.235. The molecule has 0 bridgehead atoms. The van der Waals surface area contributed by atoms with E-state index in [1.807, 2.05) is 6.92 Å². The topological polar surface area (TPSA) is 74.7 Å². The molecule has 1 unspecified atom stereocenters. The van der Waals surface area contributed by atoms with Crippen LogP contribution in [0.15, 0.2) is 59.5 Å². The molecule has 0 spiro atoms. The highest BCUT2D eigenvalue weighted by Gasteiger charge is 2.30. The van der Waals surface area contributed by atoms with E-state index in [0.717, 1.165) is 5.56 Å². The van der Waals surface area contributed by atoms with Crippen LogP contribution in [0.5, 0.6) is 0 Å². The van der Waals surface area contributed by atoms with Crippen LogP contribution < -0.4 is 4.31 Å². The van der Waals surface area contributed by atoms with Crippen molar-refractivity contribution in [1.29, 1.82) is 0 Å². The summed E-state index contributed by atoms with van der Waals surface area (Å²) in [6.07, 6.45) is -0.278. The Labute approximate surface area is 136 Å². The molecule has 1 N–H and O–H groups in total. The number of sulfonamides is 1. The van der Waals surface area contributed by atoms with Crippen LogP contribution in [0.4, 0.5) is 5.69 Å². The Morgan fingerprint density at radius 2 is 1.65 bits per heavy atom. The summed E-state index contributed by atoms with van der Waals surface area (Å²) >= 11 is 0. The van der Waals surface area contributed by atoms with Gasteiger partial charge in [-0.3, -0.25) is 9.10 Å². The molecule has 0 heterocycles. The van der Waals surface area contributed by atoms with Crippen LogP contribution in [0, 0.1) is 6.92 Å². The molecule has 0 aromatic heterocycles. The average molecular weight is 333 g/mol. The lowest BCUT2D eigenvalue weighted by Crippen LogP contribution is -2.40. The summed E-state index contributed by atoms with van der Waals surface area (Å²) in [5.41, 5.74) is 1.40. The molecule has 0 saturated carbocycles. The van der Waals surface area contributed by atoms with Gasteiger partial charge in [-0.25, -0.2) is 8.42 Å². The number of nitrogens with zero attached hydrogens (tertiary/aromatic N) is 1. The molecule has 0 fully saturated rings. The summed E-state index contributed by atoms with van der Waals surface area (Å²) in [5, 5.41) is 9.03. The first-order chi connectivity index (χ1) is 10.8. The van der Waals surface area contributed by atoms with Gasteiger partial charge in [-0.15, -0.1) is 0 Å². The minimum absolute atomic E-state index is 0.143. The highest BCUT2D eigenvalue weighted by molar-refractivity contribution is 7.92. The van der Waals surface area contributed by atoms with Crippen molar-refractivity contribution in [3.05, 3.63) is 60.2 Å². The molecule has 23 heavy (non-hydrogen) atoms. The zero-order valence-corrected chi connectivity index (χ0v) is 13.8. The molecule has 2 aromatic rings. The van der Waals surface area contributed by atoms with Crippen molar-refractivity contribution in [2.45, 2.75) is 31.2 Å². The summed E-state index contributed by atoms with van der Waals surface area (Å²) < 4.78 is 27.2. The number of para-hydroxylation sites is 1. The number of aliphatic carboxylic acids is 1. The van der Waals surface area contributed by atoms with Crippen molar-refractivity contribution >= 4 is 21.7 Å². The Balaban J connectivity index is 2.52. The minimum atomic E-state index is -3.85. The molecule has 1 atom stereocenters. The SMILES string of the molecule is Cc1ccc(S(=O)(=O)N(c2ccccc2)C(C)CC(=O)O)cc1. The van der Waals surface area contributed by atoms with Gasteiger partial charge in [0, 0.05) is 0 Å². The number of rotatable bonds is 6. The van der Waals surface area contributed by atoms with Crippen molar-refractivity contribution < 1.29 is 18.3 Å². The van der Waals surface area contributed by atoms with E-state index in [9.17, 15) is 13.2 Å². The van der Waals surface area contributed by atoms with Crippen molar-refractivity contribution in [2.75, 3.05) is 4.31 Å². The van der Waals surface area contributed by atoms with Gasteiger partial charge < -0.3 is 5.11 Å². The molecule has 0 saturated heterocycles. The molecular formula is C17H19NO4S. The van der Waals surface area contributed by atoms with Gasteiger partial charge in [0.1, 0.15) is 0 Å². The van der Waals surface area contributed by atoms with Gasteiger partial charge in [0.2, 0.25) is 0 Å². The second-order valence-electron chi connectivity index (χ2n) is 5.40. The third-order valence-corrected chi connectivity index (χ3v) is 5.42. The smallest absolute Gasteiger partial charge is 0.305 e. The van der Waals surface area contributed by atoms with E-state index in [4.69, 9.17) is 5.11 Å². The Morgan fingerprint density at radius 1 is 1.09 bits per heavy atom. The lowest BCUT2D eigenvalue weighted by molar-refractivity contribution is -0.137.